The Kier molecular flexibility index (Phi) is 8.21. The summed E-state index contributed by atoms with van der Waals surface area (Å²) >= 11 is 6.02. The number of nitrogens with one attached hydrogen (secondary N) is 2. The molecule has 0 aliphatic carbocycles. The van der Waals surface area contributed by atoms with Crippen LogP contribution >= 0.6 is 11.6 Å². The van der Waals surface area contributed by atoms with E-state index < -0.39 is 0 Å². The lowest BCUT2D eigenvalue weighted by Gasteiger charge is -2.32. The van der Waals surface area contributed by atoms with Crippen LogP contribution in [0.15, 0.2) is 66.9 Å². The van der Waals surface area contributed by atoms with Gasteiger partial charge in [0.15, 0.2) is 0 Å². The number of aromatic nitrogens is 1. The van der Waals surface area contributed by atoms with Crippen molar-refractivity contribution in [2.24, 2.45) is 5.92 Å². The maximum absolute atomic E-state index is 12.8. The Morgan fingerprint density at radius 1 is 1.09 bits per heavy atom. The van der Waals surface area contributed by atoms with Crippen LogP contribution in [0.25, 0.3) is 0 Å². The maximum atomic E-state index is 12.8. The minimum atomic E-state index is -0.201. The molecule has 1 aliphatic rings. The first-order valence-electron chi connectivity index (χ1n) is 11.8. The van der Waals surface area contributed by atoms with Crippen molar-refractivity contribution < 1.29 is 14.3 Å². The van der Waals surface area contributed by atoms with Crippen molar-refractivity contribution in [3.63, 3.8) is 0 Å². The molecule has 2 amide bonds. The number of hydrogen-bond donors (Lipinski definition) is 2. The number of hydrogen-bond acceptors (Lipinski definition) is 5. The third-order valence-electron chi connectivity index (χ3n) is 5.98. The van der Waals surface area contributed by atoms with E-state index in [1.54, 1.807) is 18.3 Å². The van der Waals surface area contributed by atoms with Gasteiger partial charge in [-0.25, -0.2) is 4.98 Å². The van der Waals surface area contributed by atoms with Crippen molar-refractivity contribution in [2.45, 2.75) is 26.3 Å². The molecule has 0 unspecified atom stereocenters. The van der Waals surface area contributed by atoms with Gasteiger partial charge in [-0.15, -0.1) is 0 Å². The SMILES string of the molecule is CCOc1ccc(NC(=O)c2ccnc(N3CCC(C(=O)NCc4cccc(Cl)c4)CC3)c2)cc1. The molecule has 1 fully saturated rings. The average Bonchev–Trinajstić information content (AvgIpc) is 2.89. The van der Waals surface area contributed by atoms with Gasteiger partial charge in [-0.1, -0.05) is 23.7 Å². The average molecular weight is 493 g/mol. The number of nitrogens with zero attached hydrogens (tertiary/aromatic N) is 2. The van der Waals surface area contributed by atoms with Crippen molar-refractivity contribution in [3.8, 4) is 5.75 Å². The number of pyridine rings is 1. The molecule has 0 atom stereocenters. The van der Waals surface area contributed by atoms with Crippen molar-refractivity contribution in [2.75, 3.05) is 29.9 Å². The zero-order valence-electron chi connectivity index (χ0n) is 19.7. The molecule has 3 aromatic rings. The predicted molar refractivity (Wildman–Crippen MR) is 138 cm³/mol. The molecule has 1 aromatic heterocycles. The number of benzene rings is 2. The van der Waals surface area contributed by atoms with Gasteiger partial charge >= 0.3 is 0 Å². The van der Waals surface area contributed by atoms with Crippen LogP contribution in [-0.2, 0) is 11.3 Å². The minimum absolute atomic E-state index is 0.0448. The van der Waals surface area contributed by atoms with Gasteiger partial charge in [0.25, 0.3) is 5.91 Å². The summed E-state index contributed by atoms with van der Waals surface area (Å²) in [6, 6.07) is 18.3. The van der Waals surface area contributed by atoms with E-state index in [-0.39, 0.29) is 17.7 Å². The summed E-state index contributed by atoms with van der Waals surface area (Å²) in [7, 11) is 0. The van der Waals surface area contributed by atoms with Gasteiger partial charge in [0.2, 0.25) is 5.91 Å². The fourth-order valence-electron chi connectivity index (χ4n) is 4.09. The Labute approximate surface area is 210 Å². The van der Waals surface area contributed by atoms with Crippen molar-refractivity contribution in [1.82, 2.24) is 10.3 Å². The van der Waals surface area contributed by atoms with E-state index in [4.69, 9.17) is 16.3 Å². The number of carbonyl (C=O) groups excluding carboxylic acids is 2. The standard InChI is InChI=1S/C27H29ClN4O3/c1-2-35-24-8-6-23(7-9-24)31-27(34)21-10-13-29-25(17-21)32-14-11-20(12-15-32)26(33)30-18-19-4-3-5-22(28)16-19/h3-10,13,16-17,20H,2,11-12,14-15,18H2,1H3,(H,30,33)(H,31,34). The first kappa shape index (κ1) is 24.5. The lowest BCUT2D eigenvalue weighted by molar-refractivity contribution is -0.125. The lowest BCUT2D eigenvalue weighted by atomic mass is 9.95. The number of ether oxygens (including phenoxy) is 1. The number of halogens is 1. The van der Waals surface area contributed by atoms with Crippen LogP contribution in [0.3, 0.4) is 0 Å². The molecule has 0 saturated carbocycles. The number of piperidine rings is 1. The normalized spacial score (nSPS) is 13.8. The maximum Gasteiger partial charge on any atom is 0.255 e. The molecule has 1 saturated heterocycles. The molecule has 8 heteroatoms. The summed E-state index contributed by atoms with van der Waals surface area (Å²) in [4.78, 5) is 32.0. The Bertz CT molecular complexity index is 1160. The number of carbonyl (C=O) groups is 2. The molecule has 4 rings (SSSR count). The summed E-state index contributed by atoms with van der Waals surface area (Å²) in [5, 5.41) is 6.58. The van der Waals surface area contributed by atoms with E-state index in [2.05, 4.69) is 20.5 Å². The molecule has 2 aromatic carbocycles. The van der Waals surface area contributed by atoms with Gasteiger partial charge in [-0.05, 0) is 73.9 Å². The van der Waals surface area contributed by atoms with E-state index >= 15 is 0 Å². The highest BCUT2D eigenvalue weighted by Gasteiger charge is 2.25. The number of anilines is 2. The first-order valence-corrected chi connectivity index (χ1v) is 12.2. The second-order valence-corrected chi connectivity index (χ2v) is 8.86. The van der Waals surface area contributed by atoms with Gasteiger partial charge in [0.05, 0.1) is 6.61 Å². The summed E-state index contributed by atoms with van der Waals surface area (Å²) < 4.78 is 5.44. The van der Waals surface area contributed by atoms with Crippen LogP contribution in [0.4, 0.5) is 11.5 Å². The summed E-state index contributed by atoms with van der Waals surface area (Å²) in [6.07, 6.45) is 3.10. The Hall–Kier alpha value is -3.58. The van der Waals surface area contributed by atoms with Crippen LogP contribution < -0.4 is 20.3 Å². The molecule has 2 heterocycles. The lowest BCUT2D eigenvalue weighted by Crippen LogP contribution is -2.40. The summed E-state index contributed by atoms with van der Waals surface area (Å²) in [6.45, 7) is 4.39. The zero-order valence-corrected chi connectivity index (χ0v) is 20.4. The van der Waals surface area contributed by atoms with E-state index in [0.29, 0.717) is 42.5 Å². The van der Waals surface area contributed by atoms with Gasteiger partial charge < -0.3 is 20.3 Å². The minimum Gasteiger partial charge on any atom is -0.494 e. The van der Waals surface area contributed by atoms with Crippen LogP contribution in [0.2, 0.25) is 5.02 Å². The topological polar surface area (TPSA) is 83.6 Å². The van der Waals surface area contributed by atoms with E-state index in [9.17, 15) is 9.59 Å². The second kappa shape index (κ2) is 11.7. The third kappa shape index (κ3) is 6.73. The van der Waals surface area contributed by atoms with Crippen molar-refractivity contribution >= 4 is 34.9 Å². The zero-order chi connectivity index (χ0) is 24.6. The Balaban J connectivity index is 1.29. The molecule has 35 heavy (non-hydrogen) atoms. The molecule has 1 aliphatic heterocycles. The third-order valence-corrected chi connectivity index (χ3v) is 6.21. The smallest absolute Gasteiger partial charge is 0.255 e. The highest BCUT2D eigenvalue weighted by molar-refractivity contribution is 6.30. The molecule has 0 bridgehead atoms. The monoisotopic (exact) mass is 492 g/mol. The van der Waals surface area contributed by atoms with Crippen molar-refractivity contribution in [3.05, 3.63) is 83.0 Å². The van der Waals surface area contributed by atoms with Gasteiger partial charge in [-0.3, -0.25) is 9.59 Å². The van der Waals surface area contributed by atoms with Crippen LogP contribution in [-0.4, -0.2) is 36.5 Å². The van der Waals surface area contributed by atoms with Crippen LogP contribution in [0.1, 0.15) is 35.7 Å². The van der Waals surface area contributed by atoms with Crippen LogP contribution in [0, 0.1) is 5.92 Å². The first-order chi connectivity index (χ1) is 17.0. The van der Waals surface area contributed by atoms with Gasteiger partial charge in [0, 0.05) is 48.0 Å². The van der Waals surface area contributed by atoms with E-state index in [0.717, 1.165) is 30.0 Å². The van der Waals surface area contributed by atoms with Gasteiger partial charge in [0.1, 0.15) is 11.6 Å². The summed E-state index contributed by atoms with van der Waals surface area (Å²) in [5.41, 5.74) is 2.21. The quantitative estimate of drug-likeness (QED) is 0.466. The van der Waals surface area contributed by atoms with Gasteiger partial charge in [-0.2, -0.15) is 0 Å². The van der Waals surface area contributed by atoms with E-state index in [1.165, 1.54) is 0 Å². The molecule has 7 nitrogen and oxygen atoms in total. The predicted octanol–water partition coefficient (Wildman–Crippen LogP) is 4.92. The highest BCUT2D eigenvalue weighted by Crippen LogP contribution is 2.23. The largest absolute Gasteiger partial charge is 0.494 e. The molecule has 2 N–H and O–H groups in total. The number of amides is 2. The molecular weight excluding hydrogens is 464 g/mol. The number of rotatable bonds is 8. The molecule has 0 spiro atoms. The Morgan fingerprint density at radius 3 is 2.57 bits per heavy atom. The Morgan fingerprint density at radius 2 is 1.86 bits per heavy atom. The molecule has 182 valence electrons. The van der Waals surface area contributed by atoms with Crippen LogP contribution in [0.5, 0.6) is 5.75 Å². The fourth-order valence-corrected chi connectivity index (χ4v) is 4.30. The van der Waals surface area contributed by atoms with Crippen molar-refractivity contribution in [1.29, 1.82) is 0 Å². The summed E-state index contributed by atoms with van der Waals surface area (Å²) in [5.74, 6) is 1.31. The highest BCUT2D eigenvalue weighted by atomic mass is 35.5. The second-order valence-electron chi connectivity index (χ2n) is 8.42. The molecular formula is C27H29ClN4O3. The fraction of sp³-hybridized carbons (Fsp3) is 0.296. The molecule has 0 radical (unpaired) electrons. The van der Waals surface area contributed by atoms with E-state index in [1.807, 2.05) is 55.5 Å².